The summed E-state index contributed by atoms with van der Waals surface area (Å²) in [6, 6.07) is 15.3. The average molecular weight is 451 g/mol. The zero-order chi connectivity index (χ0) is 21.9. The van der Waals surface area contributed by atoms with E-state index in [1.54, 1.807) is 40.5 Å². The van der Waals surface area contributed by atoms with Gasteiger partial charge in [0.15, 0.2) is 11.5 Å². The maximum absolute atomic E-state index is 13.5. The van der Waals surface area contributed by atoms with Crippen LogP contribution in [0.2, 0.25) is 0 Å². The monoisotopic (exact) mass is 451 g/mol. The lowest BCUT2D eigenvalue weighted by Crippen LogP contribution is -2.34. The summed E-state index contributed by atoms with van der Waals surface area (Å²) >= 11 is 1.57. The molecule has 0 radical (unpaired) electrons. The molecular weight excluding hydrogens is 433 g/mol. The third kappa shape index (κ3) is 4.30. The molecule has 1 amide bonds. The minimum Gasteiger partial charge on any atom is -0.486 e. The van der Waals surface area contributed by atoms with E-state index in [-0.39, 0.29) is 18.3 Å². The summed E-state index contributed by atoms with van der Waals surface area (Å²) in [5.74, 6) is 0.890. The molecular formula is C22H18FN5O3S. The lowest BCUT2D eigenvalue weighted by atomic mass is 10.2. The van der Waals surface area contributed by atoms with Crippen molar-refractivity contribution < 1.29 is 18.7 Å². The van der Waals surface area contributed by atoms with Crippen LogP contribution in [0.15, 0.2) is 60.0 Å². The zero-order valence-corrected chi connectivity index (χ0v) is 17.7. The van der Waals surface area contributed by atoms with Crippen LogP contribution in [-0.4, -0.2) is 39.3 Å². The molecule has 0 saturated carbocycles. The molecule has 2 aromatic carbocycles. The van der Waals surface area contributed by atoms with Crippen molar-refractivity contribution in [3.8, 4) is 22.9 Å². The van der Waals surface area contributed by atoms with Crippen LogP contribution >= 0.6 is 11.3 Å². The van der Waals surface area contributed by atoms with Crippen LogP contribution < -0.4 is 14.4 Å². The molecule has 1 aliphatic heterocycles. The molecule has 3 heterocycles. The summed E-state index contributed by atoms with van der Waals surface area (Å²) < 4.78 is 24.8. The fraction of sp³-hybridized carbons (Fsp3) is 0.182. The highest BCUT2D eigenvalue weighted by Gasteiger charge is 2.22. The Morgan fingerprint density at radius 3 is 2.78 bits per heavy atom. The van der Waals surface area contributed by atoms with Crippen LogP contribution in [0.3, 0.4) is 0 Å². The summed E-state index contributed by atoms with van der Waals surface area (Å²) in [7, 11) is 0. The number of ether oxygens (including phenoxy) is 2. The van der Waals surface area contributed by atoms with Gasteiger partial charge in [0.05, 0.1) is 6.54 Å². The van der Waals surface area contributed by atoms with E-state index in [1.165, 1.54) is 16.9 Å². The number of rotatable bonds is 6. The SMILES string of the molecule is O=C(Cn1nnc(-c2cccc(F)c2)n1)N(Cc1cccs1)c1ccc2c(c1)OCCO2. The Morgan fingerprint density at radius 1 is 1.09 bits per heavy atom. The first-order chi connectivity index (χ1) is 15.7. The average Bonchev–Trinajstić information content (AvgIpc) is 3.49. The van der Waals surface area contributed by atoms with Crippen molar-refractivity contribution in [2.24, 2.45) is 0 Å². The molecule has 8 nitrogen and oxygen atoms in total. The molecule has 0 fully saturated rings. The molecule has 0 saturated heterocycles. The standard InChI is InChI=1S/C22H18FN5O3S/c23-16-4-1-3-15(11-16)22-24-26-28(25-22)14-21(29)27(13-18-5-2-10-32-18)17-6-7-19-20(12-17)31-9-8-30-19/h1-7,10-12H,8-9,13-14H2. The molecule has 10 heteroatoms. The van der Waals surface area contributed by atoms with Crippen LogP contribution in [0.4, 0.5) is 10.1 Å². The summed E-state index contributed by atoms with van der Waals surface area (Å²) in [6.07, 6.45) is 0. The number of halogens is 1. The van der Waals surface area contributed by atoms with Crippen molar-refractivity contribution >= 4 is 22.9 Å². The first kappa shape index (κ1) is 20.1. The molecule has 162 valence electrons. The number of hydrogen-bond donors (Lipinski definition) is 0. The summed E-state index contributed by atoms with van der Waals surface area (Å²) in [4.78, 5) is 17.2. The predicted octanol–water partition coefficient (Wildman–Crippen LogP) is 3.55. The van der Waals surface area contributed by atoms with Crippen molar-refractivity contribution in [2.45, 2.75) is 13.1 Å². The number of tetrazole rings is 1. The summed E-state index contributed by atoms with van der Waals surface area (Å²) in [6.45, 7) is 1.22. The Hall–Kier alpha value is -3.79. The van der Waals surface area contributed by atoms with Crippen LogP contribution in [0, 0.1) is 5.82 Å². The number of anilines is 1. The normalized spacial score (nSPS) is 12.5. The van der Waals surface area contributed by atoms with E-state index in [9.17, 15) is 9.18 Å². The minimum atomic E-state index is -0.393. The largest absolute Gasteiger partial charge is 0.486 e. The number of nitrogens with zero attached hydrogens (tertiary/aromatic N) is 5. The Morgan fingerprint density at radius 2 is 1.97 bits per heavy atom. The summed E-state index contributed by atoms with van der Waals surface area (Å²) in [5.41, 5.74) is 1.17. The molecule has 0 atom stereocenters. The molecule has 1 aliphatic rings. The Labute approximate surface area is 186 Å². The number of aromatic nitrogens is 4. The van der Waals surface area contributed by atoms with Crippen molar-refractivity contribution in [2.75, 3.05) is 18.1 Å². The smallest absolute Gasteiger partial charge is 0.250 e. The first-order valence-electron chi connectivity index (χ1n) is 9.92. The zero-order valence-electron chi connectivity index (χ0n) is 16.8. The third-order valence-corrected chi connectivity index (χ3v) is 5.71. The molecule has 0 spiro atoms. The van der Waals surface area contributed by atoms with Gasteiger partial charge in [-0.3, -0.25) is 4.79 Å². The first-order valence-corrected chi connectivity index (χ1v) is 10.8. The van der Waals surface area contributed by atoms with Gasteiger partial charge in [0.25, 0.3) is 5.91 Å². The van der Waals surface area contributed by atoms with Gasteiger partial charge in [-0.25, -0.2) is 4.39 Å². The van der Waals surface area contributed by atoms with Crippen LogP contribution in [-0.2, 0) is 17.9 Å². The second-order valence-electron chi connectivity index (χ2n) is 7.04. The minimum absolute atomic E-state index is 0.123. The highest BCUT2D eigenvalue weighted by Crippen LogP contribution is 2.34. The molecule has 5 rings (SSSR count). The van der Waals surface area contributed by atoms with Crippen molar-refractivity contribution in [3.05, 3.63) is 70.7 Å². The van der Waals surface area contributed by atoms with Gasteiger partial charge < -0.3 is 14.4 Å². The molecule has 0 unspecified atom stereocenters. The van der Waals surface area contributed by atoms with Gasteiger partial charge in [-0.15, -0.1) is 21.5 Å². The number of thiophene rings is 1. The quantitative estimate of drug-likeness (QED) is 0.446. The van der Waals surface area contributed by atoms with E-state index in [4.69, 9.17) is 9.47 Å². The second kappa shape index (κ2) is 8.75. The lowest BCUT2D eigenvalue weighted by Gasteiger charge is -2.25. The van der Waals surface area contributed by atoms with Crippen molar-refractivity contribution in [1.82, 2.24) is 20.2 Å². The van der Waals surface area contributed by atoms with Gasteiger partial charge in [-0.05, 0) is 40.9 Å². The molecule has 2 aromatic heterocycles. The Bertz CT molecular complexity index is 1240. The van der Waals surface area contributed by atoms with Crippen molar-refractivity contribution in [3.63, 3.8) is 0 Å². The van der Waals surface area contributed by atoms with E-state index in [2.05, 4.69) is 15.4 Å². The fourth-order valence-corrected chi connectivity index (χ4v) is 4.03. The topological polar surface area (TPSA) is 82.4 Å². The highest BCUT2D eigenvalue weighted by molar-refractivity contribution is 7.09. The van der Waals surface area contributed by atoms with E-state index in [0.29, 0.717) is 42.5 Å². The maximum atomic E-state index is 13.5. The van der Waals surface area contributed by atoms with Crippen molar-refractivity contribution in [1.29, 1.82) is 0 Å². The second-order valence-corrected chi connectivity index (χ2v) is 8.07. The van der Waals surface area contributed by atoms with Crippen LogP contribution in [0.5, 0.6) is 11.5 Å². The lowest BCUT2D eigenvalue weighted by molar-refractivity contribution is -0.119. The van der Waals surface area contributed by atoms with E-state index >= 15 is 0 Å². The van der Waals surface area contributed by atoms with Gasteiger partial charge in [-0.1, -0.05) is 18.2 Å². The molecule has 0 N–H and O–H groups in total. The van der Waals surface area contributed by atoms with Gasteiger partial charge in [-0.2, -0.15) is 4.80 Å². The third-order valence-electron chi connectivity index (χ3n) is 4.84. The van der Waals surface area contributed by atoms with Gasteiger partial charge >= 0.3 is 0 Å². The highest BCUT2D eigenvalue weighted by atomic mass is 32.1. The molecule has 32 heavy (non-hydrogen) atoms. The number of benzene rings is 2. The predicted molar refractivity (Wildman–Crippen MR) is 116 cm³/mol. The number of fused-ring (bicyclic) bond motifs is 1. The molecule has 0 bridgehead atoms. The van der Waals surface area contributed by atoms with Gasteiger partial charge in [0.1, 0.15) is 25.6 Å². The van der Waals surface area contributed by atoms with Gasteiger partial charge in [0, 0.05) is 22.2 Å². The summed E-state index contributed by atoms with van der Waals surface area (Å²) in [5, 5.41) is 14.1. The molecule has 4 aromatic rings. The van der Waals surface area contributed by atoms with Crippen LogP contribution in [0.1, 0.15) is 4.88 Å². The maximum Gasteiger partial charge on any atom is 0.250 e. The fourth-order valence-electron chi connectivity index (χ4n) is 3.34. The number of amides is 1. The van der Waals surface area contributed by atoms with Gasteiger partial charge in [0.2, 0.25) is 5.82 Å². The number of carbonyl (C=O) groups excluding carboxylic acids is 1. The Kier molecular flexibility index (Phi) is 5.51. The van der Waals surface area contributed by atoms with Crippen LogP contribution in [0.25, 0.3) is 11.4 Å². The number of hydrogen-bond acceptors (Lipinski definition) is 7. The van der Waals surface area contributed by atoms with E-state index in [1.807, 2.05) is 23.6 Å². The van der Waals surface area contributed by atoms with E-state index in [0.717, 1.165) is 4.88 Å². The number of carbonyl (C=O) groups is 1. The Balaban J connectivity index is 1.40. The molecule has 0 aliphatic carbocycles. The van der Waals surface area contributed by atoms with E-state index < -0.39 is 5.82 Å².